The van der Waals surface area contributed by atoms with E-state index in [9.17, 15) is 0 Å². The van der Waals surface area contributed by atoms with Crippen LogP contribution in [0, 0.1) is 5.41 Å². The van der Waals surface area contributed by atoms with Gasteiger partial charge in [0.25, 0.3) is 0 Å². The maximum absolute atomic E-state index is 7.16. The van der Waals surface area contributed by atoms with E-state index in [2.05, 4.69) is 11.8 Å². The molecular formula is C11H25N3O2. The summed E-state index contributed by atoms with van der Waals surface area (Å²) in [7, 11) is 1.67. The highest BCUT2D eigenvalue weighted by atomic mass is 16.5. The van der Waals surface area contributed by atoms with Gasteiger partial charge in [-0.1, -0.05) is 6.92 Å². The van der Waals surface area contributed by atoms with Crippen molar-refractivity contribution in [3.63, 3.8) is 0 Å². The van der Waals surface area contributed by atoms with Gasteiger partial charge in [0.1, 0.15) is 0 Å². The number of amidine groups is 1. The van der Waals surface area contributed by atoms with Gasteiger partial charge in [0, 0.05) is 33.2 Å². The van der Waals surface area contributed by atoms with E-state index in [-0.39, 0.29) is 5.84 Å². The molecule has 0 saturated heterocycles. The molecule has 0 bridgehead atoms. The Hall–Kier alpha value is -0.650. The van der Waals surface area contributed by atoms with Crippen molar-refractivity contribution >= 4 is 5.84 Å². The van der Waals surface area contributed by atoms with Crippen LogP contribution in [0.4, 0.5) is 0 Å². The standard InChI is InChI=1S/C11H25N3O2/c1-3-14(7-5-11(12)13)6-4-8-16-10-9-15-2/h3-10H2,1-2H3,(H3,12,13). The van der Waals surface area contributed by atoms with Gasteiger partial charge >= 0.3 is 0 Å². The van der Waals surface area contributed by atoms with Crippen LogP contribution in [0.3, 0.4) is 0 Å². The van der Waals surface area contributed by atoms with Crippen LogP contribution >= 0.6 is 0 Å². The number of nitrogens with two attached hydrogens (primary N) is 1. The molecular weight excluding hydrogens is 206 g/mol. The normalized spacial score (nSPS) is 10.9. The Balaban J connectivity index is 3.37. The molecule has 0 aromatic rings. The summed E-state index contributed by atoms with van der Waals surface area (Å²) in [5.41, 5.74) is 5.32. The smallest absolute Gasteiger partial charge is 0.0918 e. The van der Waals surface area contributed by atoms with E-state index >= 15 is 0 Å². The molecule has 3 N–H and O–H groups in total. The van der Waals surface area contributed by atoms with Crippen molar-refractivity contribution in [3.05, 3.63) is 0 Å². The lowest BCUT2D eigenvalue weighted by molar-refractivity contribution is 0.0656. The molecule has 0 radical (unpaired) electrons. The van der Waals surface area contributed by atoms with Gasteiger partial charge in [-0.15, -0.1) is 0 Å². The number of methoxy groups -OCH3 is 1. The highest BCUT2D eigenvalue weighted by Crippen LogP contribution is 1.94. The summed E-state index contributed by atoms with van der Waals surface area (Å²) in [6.07, 6.45) is 1.66. The molecule has 0 rings (SSSR count). The zero-order valence-corrected chi connectivity index (χ0v) is 10.5. The molecule has 0 unspecified atom stereocenters. The quantitative estimate of drug-likeness (QED) is 0.312. The van der Waals surface area contributed by atoms with Gasteiger partial charge in [-0.25, -0.2) is 0 Å². The predicted molar refractivity (Wildman–Crippen MR) is 66.0 cm³/mol. The maximum Gasteiger partial charge on any atom is 0.0918 e. The molecule has 0 aliphatic heterocycles. The Morgan fingerprint density at radius 3 is 2.56 bits per heavy atom. The first kappa shape index (κ1) is 15.3. The first-order chi connectivity index (χ1) is 7.70. The second-order valence-corrected chi connectivity index (χ2v) is 3.67. The predicted octanol–water partition coefficient (Wildman–Crippen LogP) is 0.687. The van der Waals surface area contributed by atoms with Crippen molar-refractivity contribution in [3.8, 4) is 0 Å². The van der Waals surface area contributed by atoms with Crippen LogP contribution in [0.2, 0.25) is 0 Å². The molecule has 0 aliphatic rings. The molecule has 0 spiro atoms. The molecule has 5 nitrogen and oxygen atoms in total. The van der Waals surface area contributed by atoms with E-state index in [1.165, 1.54) is 0 Å². The minimum Gasteiger partial charge on any atom is -0.388 e. The third-order valence-electron chi connectivity index (χ3n) is 2.34. The summed E-state index contributed by atoms with van der Waals surface area (Å²) in [5, 5.41) is 7.16. The average molecular weight is 231 g/mol. The van der Waals surface area contributed by atoms with Crippen molar-refractivity contribution in [2.75, 3.05) is 46.6 Å². The summed E-state index contributed by atoms with van der Waals surface area (Å²) in [4.78, 5) is 2.28. The lowest BCUT2D eigenvalue weighted by Crippen LogP contribution is -2.29. The molecule has 0 heterocycles. The van der Waals surface area contributed by atoms with E-state index in [0.717, 1.165) is 32.7 Å². The van der Waals surface area contributed by atoms with Gasteiger partial charge in [0.2, 0.25) is 0 Å². The highest BCUT2D eigenvalue weighted by molar-refractivity contribution is 5.76. The molecule has 0 aromatic heterocycles. The largest absolute Gasteiger partial charge is 0.388 e. The van der Waals surface area contributed by atoms with Crippen LogP contribution in [0.1, 0.15) is 19.8 Å². The van der Waals surface area contributed by atoms with E-state index in [4.69, 9.17) is 20.6 Å². The molecule has 0 aliphatic carbocycles. The van der Waals surface area contributed by atoms with Gasteiger partial charge in [0.05, 0.1) is 19.0 Å². The average Bonchev–Trinajstić information content (AvgIpc) is 2.27. The second kappa shape index (κ2) is 10.9. The molecule has 16 heavy (non-hydrogen) atoms. The highest BCUT2D eigenvalue weighted by Gasteiger charge is 2.02. The van der Waals surface area contributed by atoms with Crippen molar-refractivity contribution in [1.82, 2.24) is 4.90 Å². The van der Waals surface area contributed by atoms with Gasteiger partial charge in [-0.05, 0) is 13.0 Å². The summed E-state index contributed by atoms with van der Waals surface area (Å²) in [6, 6.07) is 0. The zero-order valence-electron chi connectivity index (χ0n) is 10.5. The summed E-state index contributed by atoms with van der Waals surface area (Å²) < 4.78 is 10.3. The number of hydrogen-bond donors (Lipinski definition) is 2. The van der Waals surface area contributed by atoms with E-state index in [0.29, 0.717) is 19.6 Å². The van der Waals surface area contributed by atoms with Crippen LogP contribution < -0.4 is 5.73 Å². The minimum absolute atomic E-state index is 0.259. The molecule has 96 valence electrons. The van der Waals surface area contributed by atoms with Crippen LogP contribution in [0.25, 0.3) is 0 Å². The number of nitrogens with zero attached hydrogens (tertiary/aromatic N) is 1. The monoisotopic (exact) mass is 231 g/mol. The molecule has 0 amide bonds. The number of rotatable bonds is 11. The number of hydrogen-bond acceptors (Lipinski definition) is 4. The van der Waals surface area contributed by atoms with Gasteiger partial charge in [0.15, 0.2) is 0 Å². The van der Waals surface area contributed by atoms with Crippen LogP contribution in [-0.2, 0) is 9.47 Å². The Morgan fingerprint density at radius 1 is 1.25 bits per heavy atom. The third-order valence-corrected chi connectivity index (χ3v) is 2.34. The Bertz CT molecular complexity index is 177. The van der Waals surface area contributed by atoms with E-state index < -0.39 is 0 Å². The lowest BCUT2D eigenvalue weighted by Gasteiger charge is -2.19. The Labute approximate surface area is 98.4 Å². The fourth-order valence-corrected chi connectivity index (χ4v) is 1.34. The second-order valence-electron chi connectivity index (χ2n) is 3.67. The Morgan fingerprint density at radius 2 is 2.00 bits per heavy atom. The Kier molecular flexibility index (Phi) is 10.4. The van der Waals surface area contributed by atoms with Crippen LogP contribution in [-0.4, -0.2) is 57.3 Å². The van der Waals surface area contributed by atoms with Crippen molar-refractivity contribution in [2.24, 2.45) is 5.73 Å². The topological polar surface area (TPSA) is 71.6 Å². The van der Waals surface area contributed by atoms with Gasteiger partial charge < -0.3 is 20.1 Å². The SMILES string of the molecule is CCN(CCCOCCOC)CCC(=N)N. The van der Waals surface area contributed by atoms with E-state index in [1.54, 1.807) is 7.11 Å². The molecule has 0 aromatic carbocycles. The zero-order chi connectivity index (χ0) is 12.2. The van der Waals surface area contributed by atoms with E-state index in [1.807, 2.05) is 0 Å². The molecule has 0 fully saturated rings. The van der Waals surface area contributed by atoms with Gasteiger partial charge in [-0.2, -0.15) is 0 Å². The number of ether oxygens (including phenoxy) is 2. The first-order valence-electron chi connectivity index (χ1n) is 5.82. The summed E-state index contributed by atoms with van der Waals surface area (Å²) >= 11 is 0. The molecule has 5 heteroatoms. The van der Waals surface area contributed by atoms with Crippen molar-refractivity contribution in [2.45, 2.75) is 19.8 Å². The maximum atomic E-state index is 7.16. The lowest BCUT2D eigenvalue weighted by atomic mass is 10.3. The summed E-state index contributed by atoms with van der Waals surface area (Å²) in [6.45, 7) is 7.05. The number of nitrogens with one attached hydrogen (secondary N) is 1. The fourth-order valence-electron chi connectivity index (χ4n) is 1.34. The third kappa shape index (κ3) is 9.89. The molecule has 0 saturated carbocycles. The summed E-state index contributed by atoms with van der Waals surface area (Å²) in [5.74, 6) is 0.259. The van der Waals surface area contributed by atoms with Crippen LogP contribution in [0.15, 0.2) is 0 Å². The van der Waals surface area contributed by atoms with Gasteiger partial charge in [-0.3, -0.25) is 5.41 Å². The minimum atomic E-state index is 0.259. The van der Waals surface area contributed by atoms with Crippen molar-refractivity contribution < 1.29 is 9.47 Å². The van der Waals surface area contributed by atoms with Crippen LogP contribution in [0.5, 0.6) is 0 Å². The molecule has 0 atom stereocenters. The first-order valence-corrected chi connectivity index (χ1v) is 5.82. The fraction of sp³-hybridized carbons (Fsp3) is 0.909. The van der Waals surface area contributed by atoms with Crippen molar-refractivity contribution in [1.29, 1.82) is 5.41 Å².